The number of carbonyl (C=O) groups excluding carboxylic acids is 2. The van der Waals surface area contributed by atoms with Crippen LogP contribution < -0.4 is 4.90 Å². The molecule has 26 heavy (non-hydrogen) atoms. The van der Waals surface area contributed by atoms with Gasteiger partial charge < -0.3 is 9.32 Å². The number of ketones is 1. The number of hydrogen-bond donors (Lipinski definition) is 0. The summed E-state index contributed by atoms with van der Waals surface area (Å²) in [5.41, 5.74) is 3.52. The van der Waals surface area contributed by atoms with Gasteiger partial charge in [0.1, 0.15) is 6.26 Å². The van der Waals surface area contributed by atoms with E-state index in [2.05, 4.69) is 4.98 Å². The average molecular weight is 348 g/mol. The van der Waals surface area contributed by atoms with Crippen LogP contribution in [0.1, 0.15) is 29.6 Å². The second-order valence-electron chi connectivity index (χ2n) is 5.96. The fourth-order valence-corrected chi connectivity index (χ4v) is 2.69. The third-order valence-corrected chi connectivity index (χ3v) is 4.27. The predicted molar refractivity (Wildman–Crippen MR) is 100 cm³/mol. The van der Waals surface area contributed by atoms with Crippen molar-refractivity contribution in [2.75, 3.05) is 11.9 Å². The highest BCUT2D eigenvalue weighted by atomic mass is 16.3. The number of oxazole rings is 1. The molecule has 0 spiro atoms. The summed E-state index contributed by atoms with van der Waals surface area (Å²) >= 11 is 0. The number of nitrogens with zero attached hydrogens (tertiary/aromatic N) is 2. The molecule has 5 heteroatoms. The molecule has 132 valence electrons. The van der Waals surface area contributed by atoms with Crippen molar-refractivity contribution in [3.63, 3.8) is 0 Å². The van der Waals surface area contributed by atoms with Gasteiger partial charge in [-0.1, -0.05) is 43.3 Å². The standard InChI is InChI=1S/C21H20N2O3/c1-3-21(25)23(2)18-10-8-16(9-11-18)15-4-6-17(7-5-15)19(24)14-20-22-12-13-26-20/h4-13H,3,14H2,1-2H3. The maximum absolute atomic E-state index is 12.2. The third-order valence-electron chi connectivity index (χ3n) is 4.27. The van der Waals surface area contributed by atoms with E-state index in [9.17, 15) is 9.59 Å². The van der Waals surface area contributed by atoms with E-state index in [1.807, 2.05) is 43.3 Å². The first kappa shape index (κ1) is 17.6. The highest BCUT2D eigenvalue weighted by molar-refractivity contribution is 5.97. The molecule has 5 nitrogen and oxygen atoms in total. The summed E-state index contributed by atoms with van der Waals surface area (Å²) in [6.07, 6.45) is 3.61. The molecule has 0 unspecified atom stereocenters. The summed E-state index contributed by atoms with van der Waals surface area (Å²) in [7, 11) is 1.77. The number of benzene rings is 2. The van der Waals surface area contributed by atoms with Crippen LogP contribution in [0.4, 0.5) is 5.69 Å². The van der Waals surface area contributed by atoms with Crippen LogP contribution in [0.15, 0.2) is 65.4 Å². The van der Waals surface area contributed by atoms with E-state index in [0.717, 1.165) is 16.8 Å². The maximum Gasteiger partial charge on any atom is 0.226 e. The van der Waals surface area contributed by atoms with E-state index in [0.29, 0.717) is 17.9 Å². The molecule has 1 amide bonds. The Labute approximate surface area is 152 Å². The molecule has 0 radical (unpaired) electrons. The molecular weight excluding hydrogens is 328 g/mol. The zero-order valence-electron chi connectivity index (χ0n) is 14.8. The highest BCUT2D eigenvalue weighted by Crippen LogP contribution is 2.24. The Morgan fingerprint density at radius 1 is 1.00 bits per heavy atom. The second kappa shape index (κ2) is 7.78. The van der Waals surface area contributed by atoms with Crippen molar-refractivity contribution in [1.82, 2.24) is 4.98 Å². The lowest BCUT2D eigenvalue weighted by Gasteiger charge is -2.16. The molecule has 3 aromatic rings. The van der Waals surface area contributed by atoms with Gasteiger partial charge in [0.25, 0.3) is 0 Å². The Balaban J connectivity index is 1.72. The van der Waals surface area contributed by atoms with Gasteiger partial charge in [0.05, 0.1) is 12.6 Å². The van der Waals surface area contributed by atoms with Crippen molar-refractivity contribution in [1.29, 1.82) is 0 Å². The molecule has 1 aromatic heterocycles. The minimum atomic E-state index is -0.0333. The quantitative estimate of drug-likeness (QED) is 0.628. The Morgan fingerprint density at radius 2 is 1.62 bits per heavy atom. The molecular formula is C21H20N2O3. The molecule has 1 heterocycles. The maximum atomic E-state index is 12.2. The number of rotatable bonds is 6. The van der Waals surface area contributed by atoms with Gasteiger partial charge in [-0.25, -0.2) is 4.98 Å². The highest BCUT2D eigenvalue weighted by Gasteiger charge is 2.11. The molecule has 0 bridgehead atoms. The number of amides is 1. The van der Waals surface area contributed by atoms with Crippen LogP contribution in [0.25, 0.3) is 11.1 Å². The molecule has 0 saturated heterocycles. The second-order valence-corrected chi connectivity index (χ2v) is 5.96. The summed E-state index contributed by atoms with van der Waals surface area (Å²) in [6.45, 7) is 1.85. The predicted octanol–water partition coefficient (Wildman–Crippen LogP) is 4.14. The van der Waals surface area contributed by atoms with Crippen LogP contribution in [-0.2, 0) is 11.2 Å². The van der Waals surface area contributed by atoms with E-state index in [-0.39, 0.29) is 18.1 Å². The van der Waals surface area contributed by atoms with Crippen molar-refractivity contribution in [3.8, 4) is 11.1 Å². The fourth-order valence-electron chi connectivity index (χ4n) is 2.69. The van der Waals surface area contributed by atoms with Gasteiger partial charge in [-0.05, 0) is 23.3 Å². The average Bonchev–Trinajstić information content (AvgIpc) is 3.20. The van der Waals surface area contributed by atoms with Gasteiger partial charge in [0, 0.05) is 24.7 Å². The van der Waals surface area contributed by atoms with Gasteiger partial charge in [0.15, 0.2) is 5.78 Å². The van der Waals surface area contributed by atoms with Crippen molar-refractivity contribution >= 4 is 17.4 Å². The first-order valence-corrected chi connectivity index (χ1v) is 8.47. The number of carbonyl (C=O) groups is 2. The van der Waals surface area contributed by atoms with Crippen LogP contribution in [0, 0.1) is 0 Å². The Bertz CT molecular complexity index is 882. The first-order chi connectivity index (χ1) is 12.6. The smallest absolute Gasteiger partial charge is 0.226 e. The number of aromatic nitrogens is 1. The van der Waals surface area contributed by atoms with Crippen molar-refractivity contribution < 1.29 is 14.0 Å². The van der Waals surface area contributed by atoms with Gasteiger partial charge in [-0.3, -0.25) is 9.59 Å². The minimum Gasteiger partial charge on any atom is -0.449 e. The van der Waals surface area contributed by atoms with Crippen molar-refractivity contribution in [2.24, 2.45) is 0 Å². The molecule has 0 fully saturated rings. The van der Waals surface area contributed by atoms with Crippen molar-refractivity contribution in [2.45, 2.75) is 19.8 Å². The summed E-state index contributed by atoms with van der Waals surface area (Å²) < 4.78 is 5.11. The fraction of sp³-hybridized carbons (Fsp3) is 0.190. The summed E-state index contributed by atoms with van der Waals surface area (Å²) in [5, 5.41) is 0. The van der Waals surface area contributed by atoms with E-state index in [4.69, 9.17) is 4.42 Å². The lowest BCUT2D eigenvalue weighted by molar-refractivity contribution is -0.118. The number of anilines is 1. The van der Waals surface area contributed by atoms with E-state index < -0.39 is 0 Å². The normalized spacial score (nSPS) is 10.5. The van der Waals surface area contributed by atoms with Gasteiger partial charge in [-0.2, -0.15) is 0 Å². The largest absolute Gasteiger partial charge is 0.449 e. The van der Waals surface area contributed by atoms with E-state index in [1.165, 1.54) is 12.5 Å². The molecule has 0 N–H and O–H groups in total. The molecule has 0 atom stereocenters. The third kappa shape index (κ3) is 3.88. The Hall–Kier alpha value is -3.21. The topological polar surface area (TPSA) is 63.4 Å². The van der Waals surface area contributed by atoms with Crippen LogP contribution >= 0.6 is 0 Å². The summed E-state index contributed by atoms with van der Waals surface area (Å²) in [4.78, 5) is 29.6. The Kier molecular flexibility index (Phi) is 5.27. The van der Waals surface area contributed by atoms with E-state index in [1.54, 1.807) is 24.1 Å². The zero-order valence-corrected chi connectivity index (χ0v) is 14.8. The van der Waals surface area contributed by atoms with E-state index >= 15 is 0 Å². The summed E-state index contributed by atoms with van der Waals surface area (Å²) in [5.74, 6) is 0.459. The Morgan fingerprint density at radius 3 is 2.15 bits per heavy atom. The molecule has 0 saturated carbocycles. The monoisotopic (exact) mass is 348 g/mol. The van der Waals surface area contributed by atoms with Gasteiger partial charge in [-0.15, -0.1) is 0 Å². The lowest BCUT2D eigenvalue weighted by Crippen LogP contribution is -2.24. The first-order valence-electron chi connectivity index (χ1n) is 8.47. The molecule has 0 aliphatic heterocycles. The number of Topliss-reactive ketones (excluding diaryl/α,β-unsaturated/α-hetero) is 1. The van der Waals surface area contributed by atoms with Crippen LogP contribution in [-0.4, -0.2) is 23.7 Å². The SMILES string of the molecule is CCC(=O)N(C)c1ccc(-c2ccc(C(=O)Cc3ncco3)cc2)cc1. The van der Waals surface area contributed by atoms with Crippen LogP contribution in [0.3, 0.4) is 0 Å². The summed E-state index contributed by atoms with van der Waals surface area (Å²) in [6, 6.07) is 15.2. The lowest BCUT2D eigenvalue weighted by atomic mass is 10.0. The molecule has 0 aliphatic rings. The van der Waals surface area contributed by atoms with Crippen LogP contribution in [0.5, 0.6) is 0 Å². The molecule has 2 aromatic carbocycles. The zero-order chi connectivity index (χ0) is 18.5. The van der Waals surface area contributed by atoms with Crippen LogP contribution in [0.2, 0.25) is 0 Å². The molecule has 3 rings (SSSR count). The van der Waals surface area contributed by atoms with Gasteiger partial charge in [0.2, 0.25) is 11.8 Å². The minimum absolute atomic E-state index is 0.0333. The number of hydrogen-bond acceptors (Lipinski definition) is 4. The van der Waals surface area contributed by atoms with Crippen molar-refractivity contribution in [3.05, 3.63) is 72.4 Å². The van der Waals surface area contributed by atoms with Gasteiger partial charge >= 0.3 is 0 Å². The molecule has 0 aliphatic carbocycles.